The fourth-order valence-corrected chi connectivity index (χ4v) is 2.45. The van der Waals surface area contributed by atoms with E-state index < -0.39 is 0 Å². The monoisotopic (exact) mass is 325 g/mol. The summed E-state index contributed by atoms with van der Waals surface area (Å²) >= 11 is 0. The number of nitrogens with one attached hydrogen (secondary N) is 1. The number of nitrogens with zero attached hydrogens (tertiary/aromatic N) is 2. The molecule has 0 aliphatic heterocycles. The number of nitriles is 1. The van der Waals surface area contributed by atoms with Crippen LogP contribution in [0.2, 0.25) is 0 Å². The fourth-order valence-electron chi connectivity index (χ4n) is 2.45. The summed E-state index contributed by atoms with van der Waals surface area (Å²) in [6, 6.07) is 11.2. The van der Waals surface area contributed by atoms with Crippen molar-refractivity contribution in [3.63, 3.8) is 0 Å². The van der Waals surface area contributed by atoms with Gasteiger partial charge in [-0.05, 0) is 37.5 Å². The van der Waals surface area contributed by atoms with E-state index in [0.29, 0.717) is 36.1 Å². The predicted octanol–water partition coefficient (Wildman–Crippen LogP) is 3.52. The van der Waals surface area contributed by atoms with Gasteiger partial charge in [-0.15, -0.1) is 0 Å². The average Bonchev–Trinajstić information content (AvgIpc) is 2.99. The Labute approximate surface area is 142 Å². The Morgan fingerprint density at radius 1 is 1.33 bits per heavy atom. The number of hydrogen-bond donors (Lipinski definition) is 1. The summed E-state index contributed by atoms with van der Waals surface area (Å²) in [7, 11) is 0. The number of ether oxygens (including phenoxy) is 1. The Morgan fingerprint density at radius 2 is 2.08 bits per heavy atom. The van der Waals surface area contributed by atoms with Crippen molar-refractivity contribution in [3.05, 3.63) is 47.8 Å². The highest BCUT2D eigenvalue weighted by Crippen LogP contribution is 2.26. The first-order valence-electron chi connectivity index (χ1n) is 8.20. The van der Waals surface area contributed by atoms with Gasteiger partial charge in [-0.2, -0.15) is 5.26 Å². The summed E-state index contributed by atoms with van der Waals surface area (Å²) in [5.41, 5.74) is 1.44. The molecule has 0 atom stereocenters. The number of benzene rings is 1. The van der Waals surface area contributed by atoms with Gasteiger partial charge in [0, 0.05) is 12.7 Å². The first-order valence-corrected chi connectivity index (χ1v) is 8.20. The minimum Gasteiger partial charge on any atom is -0.492 e. The van der Waals surface area contributed by atoms with Crippen molar-refractivity contribution >= 4 is 5.91 Å². The van der Waals surface area contributed by atoms with Gasteiger partial charge in [-0.3, -0.25) is 4.79 Å². The molecule has 0 saturated carbocycles. The molecule has 0 bridgehead atoms. The van der Waals surface area contributed by atoms with Crippen LogP contribution in [0.15, 0.2) is 36.5 Å². The van der Waals surface area contributed by atoms with E-state index in [4.69, 9.17) is 4.74 Å². The molecule has 0 spiro atoms. The molecule has 0 unspecified atom stereocenters. The molecular formula is C19H23N3O2. The normalized spacial score (nSPS) is 10.5. The van der Waals surface area contributed by atoms with Crippen LogP contribution in [0.25, 0.3) is 5.69 Å². The summed E-state index contributed by atoms with van der Waals surface area (Å²) in [5, 5.41) is 12.2. The maximum Gasteiger partial charge on any atom is 0.269 e. The topological polar surface area (TPSA) is 67.0 Å². The quantitative estimate of drug-likeness (QED) is 0.847. The SMILES string of the molecule is CCOc1ccccc1-n1ccc(C#N)c1C(=O)NCCC(C)C. The Balaban J connectivity index is 2.38. The van der Waals surface area contributed by atoms with Crippen LogP contribution in [-0.2, 0) is 0 Å². The molecule has 24 heavy (non-hydrogen) atoms. The van der Waals surface area contributed by atoms with E-state index in [1.54, 1.807) is 16.8 Å². The minimum absolute atomic E-state index is 0.247. The molecule has 0 aliphatic rings. The Hall–Kier alpha value is -2.74. The average molecular weight is 325 g/mol. The first-order chi connectivity index (χ1) is 11.6. The number of para-hydroxylation sites is 2. The van der Waals surface area contributed by atoms with Crippen molar-refractivity contribution in [1.82, 2.24) is 9.88 Å². The zero-order chi connectivity index (χ0) is 17.5. The second kappa shape index (κ2) is 8.21. The third-order valence-electron chi connectivity index (χ3n) is 3.65. The molecule has 1 heterocycles. The summed E-state index contributed by atoms with van der Waals surface area (Å²) in [6.07, 6.45) is 2.62. The Bertz CT molecular complexity index is 741. The van der Waals surface area contributed by atoms with Crippen LogP contribution >= 0.6 is 0 Å². The van der Waals surface area contributed by atoms with Gasteiger partial charge in [0.25, 0.3) is 5.91 Å². The smallest absolute Gasteiger partial charge is 0.269 e. The predicted molar refractivity (Wildman–Crippen MR) is 93.4 cm³/mol. The number of amides is 1. The molecule has 0 fully saturated rings. The van der Waals surface area contributed by atoms with Gasteiger partial charge in [-0.25, -0.2) is 0 Å². The second-order valence-corrected chi connectivity index (χ2v) is 5.90. The van der Waals surface area contributed by atoms with Gasteiger partial charge in [0.2, 0.25) is 0 Å². The Kier molecular flexibility index (Phi) is 6.02. The van der Waals surface area contributed by atoms with Gasteiger partial charge >= 0.3 is 0 Å². The van der Waals surface area contributed by atoms with Gasteiger partial charge in [-0.1, -0.05) is 26.0 Å². The number of rotatable bonds is 7. The molecule has 126 valence electrons. The third kappa shape index (κ3) is 3.96. The summed E-state index contributed by atoms with van der Waals surface area (Å²) < 4.78 is 7.36. The molecule has 1 aromatic heterocycles. The lowest BCUT2D eigenvalue weighted by molar-refractivity contribution is 0.0945. The van der Waals surface area contributed by atoms with E-state index in [1.165, 1.54) is 0 Å². The lowest BCUT2D eigenvalue weighted by Crippen LogP contribution is -2.28. The third-order valence-corrected chi connectivity index (χ3v) is 3.65. The second-order valence-electron chi connectivity index (χ2n) is 5.90. The molecular weight excluding hydrogens is 302 g/mol. The maximum atomic E-state index is 12.6. The molecule has 1 aromatic carbocycles. The van der Waals surface area contributed by atoms with Crippen LogP contribution in [0, 0.1) is 17.2 Å². The number of carbonyl (C=O) groups excluding carboxylic acids is 1. The molecule has 0 aliphatic carbocycles. The van der Waals surface area contributed by atoms with E-state index in [2.05, 4.69) is 25.2 Å². The highest BCUT2D eigenvalue weighted by atomic mass is 16.5. The van der Waals surface area contributed by atoms with E-state index >= 15 is 0 Å². The molecule has 1 N–H and O–H groups in total. The van der Waals surface area contributed by atoms with Gasteiger partial charge in [0.05, 0.1) is 17.9 Å². The lowest BCUT2D eigenvalue weighted by Gasteiger charge is -2.14. The number of carbonyl (C=O) groups is 1. The highest BCUT2D eigenvalue weighted by Gasteiger charge is 2.19. The van der Waals surface area contributed by atoms with Crippen molar-refractivity contribution < 1.29 is 9.53 Å². The number of aromatic nitrogens is 1. The zero-order valence-corrected chi connectivity index (χ0v) is 14.4. The molecule has 5 nitrogen and oxygen atoms in total. The summed E-state index contributed by atoms with van der Waals surface area (Å²) in [6.45, 7) is 7.23. The van der Waals surface area contributed by atoms with Crippen LogP contribution in [0.5, 0.6) is 5.75 Å². The molecule has 0 saturated heterocycles. The molecule has 2 rings (SSSR count). The van der Waals surface area contributed by atoms with E-state index in [9.17, 15) is 10.1 Å². The van der Waals surface area contributed by atoms with Gasteiger partial charge < -0.3 is 14.6 Å². The van der Waals surface area contributed by atoms with Crippen molar-refractivity contribution in [1.29, 1.82) is 5.26 Å². The Morgan fingerprint density at radius 3 is 2.75 bits per heavy atom. The maximum absolute atomic E-state index is 12.6. The summed E-state index contributed by atoms with van der Waals surface area (Å²) in [5.74, 6) is 0.936. The van der Waals surface area contributed by atoms with Crippen LogP contribution < -0.4 is 10.1 Å². The standard InChI is InChI=1S/C19H23N3O2/c1-4-24-17-8-6-5-7-16(17)22-12-10-15(13-20)18(22)19(23)21-11-9-14(2)3/h5-8,10,12,14H,4,9,11H2,1-3H3,(H,21,23). The molecule has 1 amide bonds. The van der Waals surface area contributed by atoms with E-state index in [0.717, 1.165) is 12.1 Å². The largest absolute Gasteiger partial charge is 0.492 e. The lowest BCUT2D eigenvalue weighted by atomic mass is 10.1. The fraction of sp³-hybridized carbons (Fsp3) is 0.368. The van der Waals surface area contributed by atoms with Gasteiger partial charge in [0.1, 0.15) is 17.5 Å². The zero-order valence-electron chi connectivity index (χ0n) is 14.4. The summed E-state index contributed by atoms with van der Waals surface area (Å²) in [4.78, 5) is 12.6. The first kappa shape index (κ1) is 17.6. The molecule has 5 heteroatoms. The van der Waals surface area contributed by atoms with Crippen molar-refractivity contribution in [2.24, 2.45) is 5.92 Å². The van der Waals surface area contributed by atoms with Crippen LogP contribution in [0.3, 0.4) is 0 Å². The highest BCUT2D eigenvalue weighted by molar-refractivity contribution is 5.96. The van der Waals surface area contributed by atoms with E-state index in [1.807, 2.05) is 31.2 Å². The van der Waals surface area contributed by atoms with Crippen molar-refractivity contribution in [2.45, 2.75) is 27.2 Å². The van der Waals surface area contributed by atoms with E-state index in [-0.39, 0.29) is 5.91 Å². The van der Waals surface area contributed by atoms with Crippen LogP contribution in [-0.4, -0.2) is 23.6 Å². The molecule has 0 radical (unpaired) electrons. The van der Waals surface area contributed by atoms with Gasteiger partial charge in [0.15, 0.2) is 0 Å². The minimum atomic E-state index is -0.247. The molecule has 2 aromatic rings. The van der Waals surface area contributed by atoms with Crippen molar-refractivity contribution in [2.75, 3.05) is 13.2 Å². The van der Waals surface area contributed by atoms with Crippen LogP contribution in [0.1, 0.15) is 43.2 Å². The van der Waals surface area contributed by atoms with Crippen molar-refractivity contribution in [3.8, 4) is 17.5 Å². The van der Waals surface area contributed by atoms with Crippen LogP contribution in [0.4, 0.5) is 0 Å². The number of hydrogen-bond acceptors (Lipinski definition) is 3.